The van der Waals surface area contributed by atoms with E-state index in [9.17, 15) is 18.0 Å². The number of esters is 1. The van der Waals surface area contributed by atoms with Crippen LogP contribution < -0.4 is 0 Å². The molecule has 40 heavy (non-hydrogen) atoms. The number of ether oxygens (including phenoxy) is 1. The van der Waals surface area contributed by atoms with E-state index in [0.717, 1.165) is 5.56 Å². The normalized spacial score (nSPS) is 16.3. The monoisotopic (exact) mass is 564 g/mol. The van der Waals surface area contributed by atoms with Crippen LogP contribution in [0.1, 0.15) is 69.9 Å². The first-order valence-electron chi connectivity index (χ1n) is 13.3. The Labute approximate surface area is 236 Å². The Bertz CT molecular complexity index is 1530. The third kappa shape index (κ3) is 5.51. The number of hydrogen-bond donors (Lipinski definition) is 0. The van der Waals surface area contributed by atoms with Crippen molar-refractivity contribution in [3.05, 3.63) is 76.1 Å². The highest BCUT2D eigenvalue weighted by molar-refractivity contribution is 7.89. The molecule has 1 aliphatic heterocycles. The summed E-state index contributed by atoms with van der Waals surface area (Å²) < 4.78 is 34.0. The summed E-state index contributed by atoms with van der Waals surface area (Å²) in [4.78, 5) is 38.0. The van der Waals surface area contributed by atoms with E-state index in [-0.39, 0.29) is 36.8 Å². The molecule has 1 fully saturated rings. The second kappa shape index (κ2) is 11.5. The van der Waals surface area contributed by atoms with Crippen molar-refractivity contribution in [3.63, 3.8) is 0 Å². The van der Waals surface area contributed by atoms with Gasteiger partial charge < -0.3 is 9.64 Å². The Morgan fingerprint density at radius 1 is 1.00 bits per heavy atom. The second-order valence-corrected chi connectivity index (χ2v) is 12.4. The predicted octanol–water partition coefficient (Wildman–Crippen LogP) is 4.51. The molecule has 0 N–H and O–H groups in total. The molecule has 9 nitrogen and oxygen atoms in total. The number of piperazine rings is 1. The van der Waals surface area contributed by atoms with Crippen LogP contribution in [-0.2, 0) is 14.8 Å². The van der Waals surface area contributed by atoms with Gasteiger partial charge in [0.15, 0.2) is 5.82 Å². The largest absolute Gasteiger partial charge is 0.465 e. The standard InChI is InChI=1S/C30H36N4O5S/c1-18(2)25-24(30(36)39-7)26(32-28(31-25)23-11-9-8-10-12-23)29(35)33-13-14-34(22(6)17-33)40(37,38)27-20(4)15-19(3)16-21(27)5/h8-12,15-16,18,22H,13-14,17H2,1-7H3. The Morgan fingerprint density at radius 2 is 1.62 bits per heavy atom. The van der Waals surface area contributed by atoms with Crippen molar-refractivity contribution >= 4 is 21.9 Å². The average Bonchev–Trinajstić information content (AvgIpc) is 2.90. The maximum atomic E-state index is 14.0. The van der Waals surface area contributed by atoms with Gasteiger partial charge in [-0.15, -0.1) is 0 Å². The lowest BCUT2D eigenvalue weighted by atomic mass is 10.0. The molecule has 2 aromatic carbocycles. The van der Waals surface area contributed by atoms with Crippen molar-refractivity contribution in [1.82, 2.24) is 19.2 Å². The zero-order valence-electron chi connectivity index (χ0n) is 24.1. The Hall–Kier alpha value is -3.63. The SMILES string of the molecule is COC(=O)c1c(C(=O)N2CCN(S(=O)(=O)c3c(C)cc(C)cc3C)C(C)C2)nc(-c2ccccc2)nc1C(C)C. The molecular weight excluding hydrogens is 528 g/mol. The number of methoxy groups -OCH3 is 1. The Balaban J connectivity index is 1.71. The summed E-state index contributed by atoms with van der Waals surface area (Å²) in [5.41, 5.74) is 3.52. The number of nitrogens with zero attached hydrogens (tertiary/aromatic N) is 4. The van der Waals surface area contributed by atoms with Crippen molar-refractivity contribution in [2.45, 2.75) is 58.4 Å². The summed E-state index contributed by atoms with van der Waals surface area (Å²) in [6, 6.07) is 12.5. The minimum Gasteiger partial charge on any atom is -0.465 e. The molecule has 1 amide bonds. The van der Waals surface area contributed by atoms with Crippen LogP contribution in [-0.4, -0.2) is 72.3 Å². The molecule has 1 atom stereocenters. The molecule has 1 aliphatic rings. The van der Waals surface area contributed by atoms with Gasteiger partial charge >= 0.3 is 5.97 Å². The second-order valence-electron chi connectivity index (χ2n) is 10.6. The zero-order chi connectivity index (χ0) is 29.4. The van der Waals surface area contributed by atoms with Crippen LogP contribution in [0, 0.1) is 20.8 Å². The third-order valence-corrected chi connectivity index (χ3v) is 9.45. The number of sulfonamides is 1. The fraction of sp³-hybridized carbons (Fsp3) is 0.400. The van der Waals surface area contributed by atoms with Gasteiger partial charge in [-0.1, -0.05) is 61.9 Å². The van der Waals surface area contributed by atoms with Crippen LogP contribution in [0.5, 0.6) is 0 Å². The minimum absolute atomic E-state index is 0.0378. The van der Waals surface area contributed by atoms with E-state index in [0.29, 0.717) is 33.1 Å². The van der Waals surface area contributed by atoms with Crippen LogP contribution in [0.25, 0.3) is 11.4 Å². The Morgan fingerprint density at radius 3 is 2.17 bits per heavy atom. The number of carbonyl (C=O) groups excluding carboxylic acids is 2. The lowest BCUT2D eigenvalue weighted by Crippen LogP contribution is -2.55. The van der Waals surface area contributed by atoms with Crippen molar-refractivity contribution < 1.29 is 22.7 Å². The van der Waals surface area contributed by atoms with Crippen LogP contribution in [0.15, 0.2) is 47.4 Å². The van der Waals surface area contributed by atoms with Gasteiger partial charge in [0.2, 0.25) is 10.0 Å². The average molecular weight is 565 g/mol. The van der Waals surface area contributed by atoms with Crippen LogP contribution in [0.2, 0.25) is 0 Å². The highest BCUT2D eigenvalue weighted by Crippen LogP contribution is 2.30. The van der Waals surface area contributed by atoms with Gasteiger partial charge in [-0.3, -0.25) is 4.79 Å². The zero-order valence-corrected chi connectivity index (χ0v) is 24.9. The molecule has 0 saturated carbocycles. The highest BCUT2D eigenvalue weighted by atomic mass is 32.2. The van der Waals surface area contributed by atoms with E-state index in [4.69, 9.17) is 4.74 Å². The van der Waals surface area contributed by atoms with Gasteiger partial charge in [-0.05, 0) is 44.7 Å². The van der Waals surface area contributed by atoms with Gasteiger partial charge in [-0.25, -0.2) is 23.2 Å². The number of benzene rings is 2. The van der Waals surface area contributed by atoms with Gasteiger partial charge in [0, 0.05) is 31.2 Å². The number of hydrogen-bond acceptors (Lipinski definition) is 7. The maximum Gasteiger partial charge on any atom is 0.342 e. The number of aryl methyl sites for hydroxylation is 3. The van der Waals surface area contributed by atoms with Crippen LogP contribution >= 0.6 is 0 Å². The van der Waals surface area contributed by atoms with Gasteiger partial charge in [-0.2, -0.15) is 4.31 Å². The molecule has 1 unspecified atom stereocenters. The first-order valence-corrected chi connectivity index (χ1v) is 14.7. The topological polar surface area (TPSA) is 110 Å². The summed E-state index contributed by atoms with van der Waals surface area (Å²) in [7, 11) is -2.54. The van der Waals surface area contributed by atoms with Gasteiger partial charge in [0.05, 0.1) is 17.7 Å². The molecule has 1 saturated heterocycles. The number of rotatable bonds is 6. The smallest absolute Gasteiger partial charge is 0.342 e. The van der Waals surface area contributed by atoms with Gasteiger partial charge in [0.25, 0.3) is 5.91 Å². The quantitative estimate of drug-likeness (QED) is 0.405. The lowest BCUT2D eigenvalue weighted by Gasteiger charge is -2.39. The molecule has 0 aliphatic carbocycles. The summed E-state index contributed by atoms with van der Waals surface area (Å²) in [5, 5.41) is 0. The number of amides is 1. The van der Waals surface area contributed by atoms with Crippen molar-refractivity contribution in [3.8, 4) is 11.4 Å². The predicted molar refractivity (Wildman–Crippen MR) is 153 cm³/mol. The summed E-state index contributed by atoms with van der Waals surface area (Å²) >= 11 is 0. The molecule has 10 heteroatoms. The third-order valence-electron chi connectivity index (χ3n) is 7.13. The molecular formula is C30H36N4O5S. The Kier molecular flexibility index (Phi) is 8.41. The van der Waals surface area contributed by atoms with E-state index < -0.39 is 27.9 Å². The summed E-state index contributed by atoms with van der Waals surface area (Å²) in [5.74, 6) is -1.01. The van der Waals surface area contributed by atoms with E-state index in [1.165, 1.54) is 11.4 Å². The molecule has 0 spiro atoms. The molecule has 3 aromatic rings. The first-order chi connectivity index (χ1) is 18.9. The fourth-order valence-electron chi connectivity index (χ4n) is 5.39. The van der Waals surface area contributed by atoms with E-state index >= 15 is 0 Å². The van der Waals surface area contributed by atoms with Gasteiger partial charge in [0.1, 0.15) is 11.3 Å². The number of carbonyl (C=O) groups is 2. The van der Waals surface area contributed by atoms with E-state index in [1.54, 1.807) is 25.7 Å². The maximum absolute atomic E-state index is 14.0. The number of aromatic nitrogens is 2. The lowest BCUT2D eigenvalue weighted by molar-refractivity contribution is 0.0569. The molecule has 2 heterocycles. The fourth-order valence-corrected chi connectivity index (χ4v) is 7.42. The van der Waals surface area contributed by atoms with E-state index in [2.05, 4.69) is 9.97 Å². The molecule has 4 rings (SSSR count). The van der Waals surface area contributed by atoms with Crippen LogP contribution in [0.3, 0.4) is 0 Å². The van der Waals surface area contributed by atoms with Crippen molar-refractivity contribution in [2.75, 3.05) is 26.7 Å². The molecule has 0 bridgehead atoms. The summed E-state index contributed by atoms with van der Waals surface area (Å²) in [6.45, 7) is 11.5. The molecule has 1 aromatic heterocycles. The van der Waals surface area contributed by atoms with Crippen LogP contribution in [0.4, 0.5) is 0 Å². The highest BCUT2D eigenvalue weighted by Gasteiger charge is 2.38. The van der Waals surface area contributed by atoms with Crippen molar-refractivity contribution in [1.29, 1.82) is 0 Å². The minimum atomic E-state index is -3.79. The van der Waals surface area contributed by atoms with Crippen molar-refractivity contribution in [2.24, 2.45) is 0 Å². The molecule has 0 radical (unpaired) electrons. The summed E-state index contributed by atoms with van der Waals surface area (Å²) in [6.07, 6.45) is 0. The molecule has 212 valence electrons. The van der Waals surface area contributed by atoms with E-state index in [1.807, 2.05) is 63.2 Å². The first kappa shape index (κ1) is 29.4.